The van der Waals surface area contributed by atoms with Gasteiger partial charge in [-0.15, -0.1) is 0 Å². The van der Waals surface area contributed by atoms with Gasteiger partial charge < -0.3 is 25.2 Å². The van der Waals surface area contributed by atoms with Crippen molar-refractivity contribution in [3.05, 3.63) is 167 Å². The maximum atomic E-state index is 12.4. The summed E-state index contributed by atoms with van der Waals surface area (Å²) in [4.78, 5) is 17.5. The predicted octanol–water partition coefficient (Wildman–Crippen LogP) is 7.45. The van der Waals surface area contributed by atoms with Crippen LogP contribution < -0.4 is 10.6 Å². The number of hydrogen-bond donors (Lipinski definition) is 3. The van der Waals surface area contributed by atoms with Crippen LogP contribution in [0, 0.1) is 5.92 Å². The third-order valence-corrected chi connectivity index (χ3v) is 10.5. The van der Waals surface area contributed by atoms with Crippen molar-refractivity contribution in [2.24, 2.45) is 5.92 Å². The first-order valence-corrected chi connectivity index (χ1v) is 18.7. The molecule has 0 unspecified atom stereocenters. The number of piperazine rings is 1. The number of aliphatic hydroxyl groups is 1. The first kappa shape index (κ1) is 36.5. The molecule has 2 aliphatic heterocycles. The number of urea groups is 1. The normalized spacial score (nSPS) is 20.9. The highest BCUT2D eigenvalue weighted by molar-refractivity contribution is 5.74. The average Bonchev–Trinajstić information content (AvgIpc) is 3.22. The quantitative estimate of drug-likeness (QED) is 0.125. The molecule has 3 N–H and O–H groups in total. The zero-order valence-corrected chi connectivity index (χ0v) is 30.4. The molecule has 0 aromatic heterocycles. The molecular weight excluding hydrogens is 661 g/mol. The Balaban J connectivity index is 1.00. The van der Waals surface area contributed by atoms with E-state index in [1.165, 1.54) is 5.56 Å². The van der Waals surface area contributed by atoms with Gasteiger partial charge in [0.2, 0.25) is 0 Å². The molecule has 0 aliphatic carbocycles. The van der Waals surface area contributed by atoms with Gasteiger partial charge in [-0.1, -0.05) is 134 Å². The zero-order chi connectivity index (χ0) is 36.4. The molecule has 2 saturated heterocycles. The first-order chi connectivity index (χ1) is 26.0. The van der Waals surface area contributed by atoms with Crippen LogP contribution in [0.5, 0.6) is 0 Å². The summed E-state index contributed by atoms with van der Waals surface area (Å²) in [5.41, 5.74) is 8.54. The van der Waals surface area contributed by atoms with Crippen molar-refractivity contribution in [1.82, 2.24) is 20.4 Å². The number of carbonyl (C=O) groups is 1. The fraction of sp³-hybridized carbons (Fsp3) is 0.311. The van der Waals surface area contributed by atoms with E-state index in [4.69, 9.17) is 9.47 Å². The summed E-state index contributed by atoms with van der Waals surface area (Å²) in [6.45, 7) is 9.05. The Morgan fingerprint density at radius 1 is 0.642 bits per heavy atom. The minimum atomic E-state index is -0.517. The number of benzene rings is 5. The van der Waals surface area contributed by atoms with Gasteiger partial charge in [0.15, 0.2) is 6.29 Å². The zero-order valence-electron chi connectivity index (χ0n) is 30.4. The summed E-state index contributed by atoms with van der Waals surface area (Å²) in [5.74, 6) is 0.129. The monoisotopic (exact) mass is 710 g/mol. The summed E-state index contributed by atoms with van der Waals surface area (Å²) in [7, 11) is 0. The van der Waals surface area contributed by atoms with Crippen LogP contribution in [0.1, 0.15) is 52.7 Å². The molecule has 8 nitrogen and oxygen atoms in total. The van der Waals surface area contributed by atoms with Gasteiger partial charge in [-0.05, 0) is 45.0 Å². The fourth-order valence-electron chi connectivity index (χ4n) is 7.27. The van der Waals surface area contributed by atoms with E-state index in [1.807, 2.05) is 54.6 Å². The Labute approximate surface area is 313 Å². The summed E-state index contributed by atoms with van der Waals surface area (Å²) < 4.78 is 13.6. The smallest absolute Gasteiger partial charge is 0.315 e. The highest BCUT2D eigenvalue weighted by Gasteiger charge is 2.39. The largest absolute Gasteiger partial charge is 0.392 e. The third kappa shape index (κ3) is 9.79. The molecule has 7 rings (SSSR count). The van der Waals surface area contributed by atoms with Crippen LogP contribution in [0.25, 0.3) is 11.1 Å². The van der Waals surface area contributed by atoms with Crippen LogP contribution >= 0.6 is 0 Å². The van der Waals surface area contributed by atoms with Crippen molar-refractivity contribution in [2.75, 3.05) is 32.7 Å². The summed E-state index contributed by atoms with van der Waals surface area (Å²) in [6, 6.07) is 45.2. The second-order valence-electron chi connectivity index (χ2n) is 14.2. The predicted molar refractivity (Wildman–Crippen MR) is 209 cm³/mol. The molecule has 2 aliphatic rings. The molecule has 0 saturated carbocycles. The van der Waals surface area contributed by atoms with Crippen molar-refractivity contribution in [3.8, 4) is 11.1 Å². The number of carbonyl (C=O) groups excluding carboxylic acids is 1. The molecule has 0 bridgehead atoms. The Morgan fingerprint density at radius 3 is 1.92 bits per heavy atom. The van der Waals surface area contributed by atoms with E-state index in [1.54, 1.807) is 0 Å². The van der Waals surface area contributed by atoms with E-state index in [9.17, 15) is 9.90 Å². The lowest BCUT2D eigenvalue weighted by Crippen LogP contribution is -2.51. The molecule has 2 heterocycles. The number of nitrogens with zero attached hydrogens (tertiary/aromatic N) is 2. The number of aliphatic hydroxyl groups excluding tert-OH is 1. The maximum absolute atomic E-state index is 12.4. The first-order valence-electron chi connectivity index (χ1n) is 18.7. The van der Waals surface area contributed by atoms with Gasteiger partial charge in [-0.2, -0.15) is 0 Å². The molecule has 8 heteroatoms. The van der Waals surface area contributed by atoms with Gasteiger partial charge in [0, 0.05) is 63.8 Å². The third-order valence-electron chi connectivity index (χ3n) is 10.5. The van der Waals surface area contributed by atoms with E-state index < -0.39 is 6.29 Å². The molecular formula is C45H50N4O4. The van der Waals surface area contributed by atoms with Crippen LogP contribution in [0.4, 0.5) is 4.79 Å². The Bertz CT molecular complexity index is 1880. The summed E-state index contributed by atoms with van der Waals surface area (Å²) in [6.07, 6.45) is -0.692. The van der Waals surface area contributed by atoms with E-state index in [0.29, 0.717) is 13.1 Å². The molecule has 274 valence electrons. The lowest BCUT2D eigenvalue weighted by molar-refractivity contribution is -0.276. The second kappa shape index (κ2) is 17.8. The second-order valence-corrected chi connectivity index (χ2v) is 14.2. The van der Waals surface area contributed by atoms with Crippen molar-refractivity contribution in [2.45, 2.75) is 51.7 Å². The minimum absolute atomic E-state index is 0.0157. The summed E-state index contributed by atoms with van der Waals surface area (Å²) in [5, 5.41) is 15.5. The van der Waals surface area contributed by atoms with Gasteiger partial charge in [-0.25, -0.2) is 4.79 Å². The van der Waals surface area contributed by atoms with Crippen LogP contribution in [0.3, 0.4) is 0 Å². The van der Waals surface area contributed by atoms with Crippen LogP contribution in [0.15, 0.2) is 133 Å². The Hall–Kier alpha value is -4.83. The molecule has 5 aromatic rings. The lowest BCUT2D eigenvalue weighted by Gasteiger charge is -2.44. The van der Waals surface area contributed by atoms with Crippen LogP contribution in [-0.4, -0.2) is 59.8 Å². The highest BCUT2D eigenvalue weighted by atomic mass is 16.7. The maximum Gasteiger partial charge on any atom is 0.315 e. The van der Waals surface area contributed by atoms with Gasteiger partial charge >= 0.3 is 6.03 Å². The number of nitrogens with one attached hydrogen (secondary N) is 2. The molecule has 2 fully saturated rings. The van der Waals surface area contributed by atoms with Gasteiger partial charge in [0.25, 0.3) is 0 Å². The summed E-state index contributed by atoms with van der Waals surface area (Å²) >= 11 is 0. The van der Waals surface area contributed by atoms with Gasteiger partial charge in [-0.3, -0.25) is 9.80 Å². The van der Waals surface area contributed by atoms with Crippen molar-refractivity contribution < 1.29 is 19.4 Å². The van der Waals surface area contributed by atoms with Gasteiger partial charge in [0.05, 0.1) is 18.8 Å². The van der Waals surface area contributed by atoms with E-state index in [-0.39, 0.29) is 30.8 Å². The molecule has 5 aromatic carbocycles. The Morgan fingerprint density at radius 2 is 1.25 bits per heavy atom. The number of hydrogen-bond acceptors (Lipinski definition) is 6. The van der Waals surface area contributed by atoms with Gasteiger partial charge in [0.1, 0.15) is 0 Å². The molecule has 2 amide bonds. The number of rotatable bonds is 12. The van der Waals surface area contributed by atoms with Crippen molar-refractivity contribution >= 4 is 6.03 Å². The van der Waals surface area contributed by atoms with E-state index in [2.05, 4.69) is 106 Å². The minimum Gasteiger partial charge on any atom is -0.392 e. The molecule has 0 radical (unpaired) electrons. The molecule has 0 spiro atoms. The molecule has 53 heavy (non-hydrogen) atoms. The highest BCUT2D eigenvalue weighted by Crippen LogP contribution is 2.42. The van der Waals surface area contributed by atoms with Crippen LogP contribution in [0.2, 0.25) is 0 Å². The standard InChI is InChI=1S/C45H50N4O4/c1-33-42(31-49-25-23-48(24-26-49)30-35-11-6-3-7-12-35)52-44(53-43(33)39-17-15-36(32-50)16-18-39)40-21-19-38(20-22-40)41-14-8-13-37(27-41)29-47-45(51)46-28-34-9-4-2-5-10-34/h2-22,27,33,42-44,50H,23-26,28-32H2,1H3,(H2,46,47,51)/t33-,42+,43+,44+/m1/s1. The number of amides is 2. The number of ether oxygens (including phenoxy) is 2. The molecule has 4 atom stereocenters. The fourth-order valence-corrected chi connectivity index (χ4v) is 7.27. The Kier molecular flexibility index (Phi) is 12.3. The van der Waals surface area contributed by atoms with E-state index in [0.717, 1.165) is 78.2 Å². The lowest BCUT2D eigenvalue weighted by atomic mass is 9.89. The SMILES string of the molecule is C[C@@H]1[C@H](CN2CCN(Cc3ccccc3)CC2)O[C@H](c2ccc(-c3cccc(CNC(=O)NCc4ccccc4)c3)cc2)O[C@@H]1c1ccc(CO)cc1. The average molecular weight is 711 g/mol. The topological polar surface area (TPSA) is 86.3 Å². The van der Waals surface area contributed by atoms with Crippen LogP contribution in [-0.2, 0) is 35.7 Å². The van der Waals surface area contributed by atoms with Crippen molar-refractivity contribution in [1.29, 1.82) is 0 Å². The van der Waals surface area contributed by atoms with Crippen molar-refractivity contribution in [3.63, 3.8) is 0 Å². The van der Waals surface area contributed by atoms with E-state index >= 15 is 0 Å².